The molecule has 0 N–H and O–H groups in total. The van der Waals surface area contributed by atoms with Gasteiger partial charge >= 0.3 is 6.36 Å². The molecule has 0 bridgehead atoms. The zero-order chi connectivity index (χ0) is 14.8. The van der Waals surface area contributed by atoms with E-state index >= 15 is 0 Å². The fourth-order valence-electron chi connectivity index (χ4n) is 1.86. The summed E-state index contributed by atoms with van der Waals surface area (Å²) in [5.41, 5.74) is 2.97. The van der Waals surface area contributed by atoms with Crippen molar-refractivity contribution in [2.45, 2.75) is 13.3 Å². The summed E-state index contributed by atoms with van der Waals surface area (Å²) in [6, 6.07) is 10.7. The molecule has 2 nitrogen and oxygen atoms in total. The molecule has 0 aromatic heterocycles. The SMILES string of the molecule is Cc1ccc(C=O)cc1-c1ccc(OC(F)(F)F)cc1. The van der Waals surface area contributed by atoms with Crippen LogP contribution in [-0.4, -0.2) is 12.6 Å². The topological polar surface area (TPSA) is 26.3 Å². The number of benzene rings is 2. The number of carbonyl (C=O) groups excluding carboxylic acids is 1. The second-order valence-electron chi connectivity index (χ2n) is 4.26. The summed E-state index contributed by atoms with van der Waals surface area (Å²) in [5.74, 6) is -0.273. The maximum atomic E-state index is 12.1. The maximum absolute atomic E-state index is 12.1. The molecule has 0 saturated heterocycles. The van der Waals surface area contributed by atoms with Crippen LogP contribution in [-0.2, 0) is 0 Å². The summed E-state index contributed by atoms with van der Waals surface area (Å²) >= 11 is 0. The smallest absolute Gasteiger partial charge is 0.406 e. The quantitative estimate of drug-likeness (QED) is 0.780. The van der Waals surface area contributed by atoms with Gasteiger partial charge in [0.05, 0.1) is 0 Å². The van der Waals surface area contributed by atoms with Crippen LogP contribution in [0, 0.1) is 6.92 Å². The van der Waals surface area contributed by atoms with Crippen LogP contribution in [0.3, 0.4) is 0 Å². The van der Waals surface area contributed by atoms with Gasteiger partial charge in [0.15, 0.2) is 0 Å². The van der Waals surface area contributed by atoms with Crippen molar-refractivity contribution < 1.29 is 22.7 Å². The number of hydrogen-bond donors (Lipinski definition) is 0. The van der Waals surface area contributed by atoms with Crippen LogP contribution in [0.15, 0.2) is 42.5 Å². The molecule has 0 radical (unpaired) electrons. The predicted octanol–water partition coefficient (Wildman–Crippen LogP) is 4.37. The van der Waals surface area contributed by atoms with Crippen molar-refractivity contribution in [3.8, 4) is 16.9 Å². The van der Waals surface area contributed by atoms with E-state index in [-0.39, 0.29) is 5.75 Å². The molecule has 0 aliphatic carbocycles. The van der Waals surface area contributed by atoms with E-state index in [0.29, 0.717) is 5.56 Å². The number of ether oxygens (including phenoxy) is 1. The first kappa shape index (κ1) is 14.1. The van der Waals surface area contributed by atoms with Crippen molar-refractivity contribution in [2.24, 2.45) is 0 Å². The van der Waals surface area contributed by atoms with Gasteiger partial charge in [-0.05, 0) is 41.8 Å². The monoisotopic (exact) mass is 280 g/mol. The van der Waals surface area contributed by atoms with Crippen molar-refractivity contribution in [1.82, 2.24) is 0 Å². The van der Waals surface area contributed by atoms with E-state index in [9.17, 15) is 18.0 Å². The Hall–Kier alpha value is -2.30. The first-order valence-electron chi connectivity index (χ1n) is 5.81. The van der Waals surface area contributed by atoms with E-state index in [1.54, 1.807) is 18.2 Å². The molecule has 104 valence electrons. The molecule has 2 aromatic rings. The lowest BCUT2D eigenvalue weighted by molar-refractivity contribution is -0.274. The summed E-state index contributed by atoms with van der Waals surface area (Å²) in [6.45, 7) is 1.87. The minimum Gasteiger partial charge on any atom is -0.406 e. The van der Waals surface area contributed by atoms with Crippen LogP contribution < -0.4 is 4.74 Å². The lowest BCUT2D eigenvalue weighted by Gasteiger charge is -2.10. The molecule has 5 heteroatoms. The number of alkyl halides is 3. The second-order valence-corrected chi connectivity index (χ2v) is 4.26. The van der Waals surface area contributed by atoms with E-state index in [2.05, 4.69) is 4.74 Å². The third-order valence-corrected chi connectivity index (χ3v) is 2.80. The summed E-state index contributed by atoms with van der Waals surface area (Å²) < 4.78 is 40.0. The molecule has 0 aliphatic rings. The van der Waals surface area contributed by atoms with Gasteiger partial charge in [0, 0.05) is 5.56 Å². The average Bonchev–Trinajstić information content (AvgIpc) is 2.39. The van der Waals surface area contributed by atoms with Gasteiger partial charge in [0.1, 0.15) is 12.0 Å². The molecule has 0 atom stereocenters. The van der Waals surface area contributed by atoms with E-state index in [0.717, 1.165) is 23.0 Å². The fraction of sp³-hybridized carbons (Fsp3) is 0.133. The first-order valence-corrected chi connectivity index (χ1v) is 5.81. The highest BCUT2D eigenvalue weighted by Gasteiger charge is 2.30. The lowest BCUT2D eigenvalue weighted by Crippen LogP contribution is -2.16. The third kappa shape index (κ3) is 3.38. The molecule has 0 fully saturated rings. The molecule has 0 aliphatic heterocycles. The zero-order valence-electron chi connectivity index (χ0n) is 10.6. The Morgan fingerprint density at radius 2 is 1.70 bits per heavy atom. The van der Waals surface area contributed by atoms with Crippen molar-refractivity contribution in [3.63, 3.8) is 0 Å². The van der Waals surface area contributed by atoms with Crippen LogP contribution >= 0.6 is 0 Å². The van der Waals surface area contributed by atoms with Crippen molar-refractivity contribution in [2.75, 3.05) is 0 Å². The Morgan fingerprint density at radius 1 is 1.05 bits per heavy atom. The van der Waals surface area contributed by atoms with Crippen LogP contribution in [0.1, 0.15) is 15.9 Å². The Bertz CT molecular complexity index is 616. The van der Waals surface area contributed by atoms with Gasteiger partial charge in [0.2, 0.25) is 0 Å². The van der Waals surface area contributed by atoms with Crippen molar-refractivity contribution >= 4 is 6.29 Å². The normalized spacial score (nSPS) is 11.2. The molecule has 2 rings (SSSR count). The molecule has 0 unspecified atom stereocenters. The second kappa shape index (κ2) is 5.36. The number of halogens is 3. The van der Waals surface area contributed by atoms with Gasteiger partial charge in [0.25, 0.3) is 0 Å². The number of aldehydes is 1. The lowest BCUT2D eigenvalue weighted by atomic mass is 9.98. The van der Waals surface area contributed by atoms with Crippen molar-refractivity contribution in [1.29, 1.82) is 0 Å². The average molecular weight is 280 g/mol. The number of rotatable bonds is 3. The van der Waals surface area contributed by atoms with Crippen LogP contribution in [0.5, 0.6) is 5.75 Å². The minimum atomic E-state index is -4.70. The molecule has 0 spiro atoms. The van der Waals surface area contributed by atoms with Crippen molar-refractivity contribution in [3.05, 3.63) is 53.6 Å². The Balaban J connectivity index is 2.32. The predicted molar refractivity (Wildman–Crippen MR) is 68.7 cm³/mol. The highest BCUT2D eigenvalue weighted by Crippen LogP contribution is 2.28. The van der Waals surface area contributed by atoms with E-state index in [4.69, 9.17) is 0 Å². The summed E-state index contributed by atoms with van der Waals surface area (Å²) in [7, 11) is 0. The Morgan fingerprint density at radius 3 is 2.25 bits per heavy atom. The van der Waals surface area contributed by atoms with Crippen LogP contribution in [0.4, 0.5) is 13.2 Å². The summed E-state index contributed by atoms with van der Waals surface area (Å²) in [5, 5.41) is 0. The number of carbonyl (C=O) groups is 1. The number of aryl methyl sites for hydroxylation is 1. The number of hydrogen-bond acceptors (Lipinski definition) is 2. The fourth-order valence-corrected chi connectivity index (χ4v) is 1.86. The van der Waals surface area contributed by atoms with Gasteiger partial charge < -0.3 is 4.74 Å². The minimum absolute atomic E-state index is 0.273. The highest BCUT2D eigenvalue weighted by molar-refractivity contribution is 5.80. The largest absolute Gasteiger partial charge is 0.573 e. The van der Waals surface area contributed by atoms with Crippen LogP contribution in [0.2, 0.25) is 0 Å². The molecule has 0 amide bonds. The van der Waals surface area contributed by atoms with Gasteiger partial charge in [-0.25, -0.2) is 0 Å². The first-order chi connectivity index (χ1) is 9.39. The maximum Gasteiger partial charge on any atom is 0.573 e. The van der Waals surface area contributed by atoms with E-state index in [1.165, 1.54) is 24.3 Å². The molecular formula is C15H11F3O2. The molecule has 2 aromatic carbocycles. The van der Waals surface area contributed by atoms with Gasteiger partial charge in [-0.15, -0.1) is 13.2 Å². The van der Waals surface area contributed by atoms with Gasteiger partial charge in [-0.1, -0.05) is 24.3 Å². The molecule has 20 heavy (non-hydrogen) atoms. The Labute approximate surface area is 113 Å². The highest BCUT2D eigenvalue weighted by atomic mass is 19.4. The van der Waals surface area contributed by atoms with E-state index in [1.807, 2.05) is 6.92 Å². The standard InChI is InChI=1S/C15H11F3O2/c1-10-2-3-11(9-19)8-14(10)12-4-6-13(7-5-12)20-15(16,17)18/h2-9H,1H3. The van der Waals surface area contributed by atoms with Crippen LogP contribution in [0.25, 0.3) is 11.1 Å². The van der Waals surface area contributed by atoms with Gasteiger partial charge in [-0.2, -0.15) is 0 Å². The zero-order valence-corrected chi connectivity index (χ0v) is 10.6. The third-order valence-electron chi connectivity index (χ3n) is 2.80. The van der Waals surface area contributed by atoms with Gasteiger partial charge in [-0.3, -0.25) is 4.79 Å². The summed E-state index contributed by atoms with van der Waals surface area (Å²) in [6.07, 6.45) is -3.97. The molecule has 0 saturated carbocycles. The Kier molecular flexibility index (Phi) is 3.79. The molecule has 0 heterocycles. The van der Waals surface area contributed by atoms with E-state index < -0.39 is 6.36 Å². The summed E-state index contributed by atoms with van der Waals surface area (Å²) in [4.78, 5) is 10.8. The molecular weight excluding hydrogens is 269 g/mol.